The van der Waals surface area contributed by atoms with E-state index in [1.807, 2.05) is 19.1 Å². The van der Waals surface area contributed by atoms with Crippen LogP contribution < -0.4 is 5.32 Å². The molecule has 0 atom stereocenters. The summed E-state index contributed by atoms with van der Waals surface area (Å²) in [6.45, 7) is 2.54. The molecule has 0 saturated heterocycles. The number of unbranched alkanes of at least 4 members (excludes halogenated alkanes) is 1. The summed E-state index contributed by atoms with van der Waals surface area (Å²) in [5.41, 5.74) is 0.909. The summed E-state index contributed by atoms with van der Waals surface area (Å²) in [5.74, 6) is -0.313. The molecule has 0 aliphatic rings. The van der Waals surface area contributed by atoms with Crippen molar-refractivity contribution in [2.24, 2.45) is 0 Å². The highest BCUT2D eigenvalue weighted by Crippen LogP contribution is 2.09. The van der Waals surface area contributed by atoms with Gasteiger partial charge in [-0.05, 0) is 24.1 Å². The molecule has 21 heavy (non-hydrogen) atoms. The number of hydrogen-bond donors (Lipinski definition) is 1. The Balaban J connectivity index is 2.52. The topological polar surface area (TPSA) is 66.5 Å². The zero-order valence-corrected chi connectivity index (χ0v) is 13.9. The monoisotopic (exact) mass is 332 g/mol. The maximum atomic E-state index is 11.9. The number of benzene rings is 1. The number of carbonyl (C=O) groups excluding carboxylic acids is 1. The second kappa shape index (κ2) is 8.36. The van der Waals surface area contributed by atoms with Crippen LogP contribution in [0.3, 0.4) is 0 Å². The predicted octanol–water partition coefficient (Wildman–Crippen LogP) is 2.02. The fourth-order valence-corrected chi connectivity index (χ4v) is 2.65. The minimum atomic E-state index is -3.37. The number of carbonyl (C=O) groups is 1. The molecule has 5 nitrogen and oxygen atoms in total. The van der Waals surface area contributed by atoms with Gasteiger partial charge in [-0.15, -0.1) is 0 Å². The van der Waals surface area contributed by atoms with Crippen molar-refractivity contribution in [1.82, 2.24) is 9.62 Å². The van der Waals surface area contributed by atoms with Gasteiger partial charge in [-0.1, -0.05) is 37.1 Å². The molecule has 0 heterocycles. The van der Waals surface area contributed by atoms with Crippen LogP contribution in [0.25, 0.3) is 0 Å². The van der Waals surface area contributed by atoms with Gasteiger partial charge < -0.3 is 5.32 Å². The number of rotatable bonds is 8. The Morgan fingerprint density at radius 1 is 1.29 bits per heavy atom. The summed E-state index contributed by atoms with van der Waals surface area (Å²) in [6.07, 6.45) is 2.73. The third-order valence-electron chi connectivity index (χ3n) is 2.95. The fraction of sp³-hybridized carbons (Fsp3) is 0.500. The van der Waals surface area contributed by atoms with E-state index in [1.165, 1.54) is 4.31 Å². The smallest absolute Gasteiger partial charge is 0.235 e. The standard InChI is InChI=1S/C14H21ClN2O3S/c1-3-4-9-17(21(2,19)20)11-14(18)16-10-12-5-7-13(15)8-6-12/h5-8H,3-4,9-11H2,1-2H3,(H,16,18). The minimum Gasteiger partial charge on any atom is -0.351 e. The van der Waals surface area contributed by atoms with Gasteiger partial charge in [-0.25, -0.2) is 8.42 Å². The minimum absolute atomic E-state index is 0.146. The zero-order valence-electron chi connectivity index (χ0n) is 12.3. The number of nitrogens with zero attached hydrogens (tertiary/aromatic N) is 1. The summed E-state index contributed by atoms with van der Waals surface area (Å²) >= 11 is 5.78. The lowest BCUT2D eigenvalue weighted by atomic mass is 10.2. The first-order chi connectivity index (χ1) is 9.82. The summed E-state index contributed by atoms with van der Waals surface area (Å²) in [7, 11) is -3.37. The molecule has 1 N–H and O–H groups in total. The average molecular weight is 333 g/mol. The highest BCUT2D eigenvalue weighted by molar-refractivity contribution is 7.88. The highest BCUT2D eigenvalue weighted by Gasteiger charge is 2.19. The first kappa shape index (κ1) is 17.9. The molecule has 0 fully saturated rings. The lowest BCUT2D eigenvalue weighted by molar-refractivity contribution is -0.121. The molecule has 0 bridgehead atoms. The van der Waals surface area contributed by atoms with E-state index in [4.69, 9.17) is 11.6 Å². The molecule has 0 aliphatic carbocycles. The van der Waals surface area contributed by atoms with Gasteiger partial charge in [0.1, 0.15) is 0 Å². The molecule has 1 amide bonds. The summed E-state index contributed by atoms with van der Waals surface area (Å²) < 4.78 is 24.4. The van der Waals surface area contributed by atoms with Crippen LogP contribution in [-0.4, -0.2) is 38.0 Å². The molecule has 7 heteroatoms. The van der Waals surface area contributed by atoms with Crippen molar-refractivity contribution < 1.29 is 13.2 Å². The largest absolute Gasteiger partial charge is 0.351 e. The molecule has 118 valence electrons. The summed E-state index contributed by atoms with van der Waals surface area (Å²) in [4.78, 5) is 11.9. The van der Waals surface area contributed by atoms with E-state index < -0.39 is 10.0 Å². The molecule has 0 aliphatic heterocycles. The molecule has 1 rings (SSSR count). The number of amides is 1. The molecule has 1 aromatic carbocycles. The Bertz CT molecular complexity index is 558. The lowest BCUT2D eigenvalue weighted by Gasteiger charge is -2.19. The first-order valence-electron chi connectivity index (χ1n) is 6.79. The van der Waals surface area contributed by atoms with Gasteiger partial charge in [0.05, 0.1) is 12.8 Å². The van der Waals surface area contributed by atoms with Gasteiger partial charge >= 0.3 is 0 Å². The second-order valence-corrected chi connectivity index (χ2v) is 7.27. The van der Waals surface area contributed by atoms with E-state index in [-0.39, 0.29) is 12.5 Å². The van der Waals surface area contributed by atoms with E-state index in [2.05, 4.69) is 5.32 Å². The molecular weight excluding hydrogens is 312 g/mol. The van der Waals surface area contributed by atoms with Crippen molar-refractivity contribution >= 4 is 27.5 Å². The van der Waals surface area contributed by atoms with Crippen LogP contribution >= 0.6 is 11.6 Å². The van der Waals surface area contributed by atoms with Crippen molar-refractivity contribution in [3.63, 3.8) is 0 Å². The zero-order chi connectivity index (χ0) is 15.9. The third kappa shape index (κ3) is 6.93. The molecule has 0 aromatic heterocycles. The first-order valence-corrected chi connectivity index (χ1v) is 9.02. The van der Waals surface area contributed by atoms with Crippen molar-refractivity contribution in [3.05, 3.63) is 34.9 Å². The number of nitrogens with one attached hydrogen (secondary N) is 1. The number of halogens is 1. The Hall–Kier alpha value is -1.11. The van der Waals surface area contributed by atoms with E-state index in [9.17, 15) is 13.2 Å². The van der Waals surface area contributed by atoms with Crippen LogP contribution in [0.15, 0.2) is 24.3 Å². The molecule has 0 spiro atoms. The molecule has 0 saturated carbocycles. The molecule has 0 radical (unpaired) electrons. The van der Waals surface area contributed by atoms with Crippen LogP contribution in [0.5, 0.6) is 0 Å². The lowest BCUT2D eigenvalue weighted by Crippen LogP contribution is -2.40. The molecule has 0 unspecified atom stereocenters. The van der Waals surface area contributed by atoms with Gasteiger partial charge in [-0.2, -0.15) is 4.31 Å². The quantitative estimate of drug-likeness (QED) is 0.792. The van der Waals surface area contributed by atoms with Crippen LogP contribution in [0.2, 0.25) is 5.02 Å². The van der Waals surface area contributed by atoms with Gasteiger partial charge in [-0.3, -0.25) is 4.79 Å². The normalized spacial score (nSPS) is 11.6. The Morgan fingerprint density at radius 2 is 1.90 bits per heavy atom. The Morgan fingerprint density at radius 3 is 2.43 bits per heavy atom. The van der Waals surface area contributed by atoms with E-state index >= 15 is 0 Å². The summed E-state index contributed by atoms with van der Waals surface area (Å²) in [5, 5.41) is 3.34. The van der Waals surface area contributed by atoms with Crippen molar-refractivity contribution in [1.29, 1.82) is 0 Å². The average Bonchev–Trinajstić information content (AvgIpc) is 2.41. The van der Waals surface area contributed by atoms with Crippen molar-refractivity contribution in [2.75, 3.05) is 19.3 Å². The van der Waals surface area contributed by atoms with Gasteiger partial charge in [0, 0.05) is 18.1 Å². The third-order valence-corrected chi connectivity index (χ3v) is 4.45. The Labute approximate surface area is 131 Å². The second-order valence-electron chi connectivity index (χ2n) is 4.85. The molecular formula is C14H21ClN2O3S. The molecule has 1 aromatic rings. The highest BCUT2D eigenvalue weighted by atomic mass is 35.5. The van der Waals surface area contributed by atoms with E-state index in [0.717, 1.165) is 24.7 Å². The van der Waals surface area contributed by atoms with Crippen molar-refractivity contribution in [2.45, 2.75) is 26.3 Å². The van der Waals surface area contributed by atoms with Crippen LogP contribution in [0.4, 0.5) is 0 Å². The predicted molar refractivity (Wildman–Crippen MR) is 84.6 cm³/mol. The maximum Gasteiger partial charge on any atom is 0.235 e. The van der Waals surface area contributed by atoms with Gasteiger partial charge in [0.15, 0.2) is 0 Å². The van der Waals surface area contributed by atoms with Gasteiger partial charge in [0.2, 0.25) is 15.9 Å². The fourth-order valence-electron chi connectivity index (χ4n) is 1.72. The van der Waals surface area contributed by atoms with Crippen LogP contribution in [0.1, 0.15) is 25.3 Å². The van der Waals surface area contributed by atoms with Crippen LogP contribution in [-0.2, 0) is 21.4 Å². The van der Waals surface area contributed by atoms with E-state index in [1.54, 1.807) is 12.1 Å². The number of hydrogen-bond acceptors (Lipinski definition) is 3. The number of sulfonamides is 1. The van der Waals surface area contributed by atoms with Gasteiger partial charge in [0.25, 0.3) is 0 Å². The summed E-state index contributed by atoms with van der Waals surface area (Å²) in [6, 6.07) is 7.11. The Kier molecular flexibility index (Phi) is 7.14. The van der Waals surface area contributed by atoms with Crippen molar-refractivity contribution in [3.8, 4) is 0 Å². The van der Waals surface area contributed by atoms with E-state index in [0.29, 0.717) is 18.1 Å². The van der Waals surface area contributed by atoms with Crippen LogP contribution in [0, 0.1) is 0 Å². The maximum absolute atomic E-state index is 11.9. The SMILES string of the molecule is CCCCN(CC(=O)NCc1ccc(Cl)cc1)S(C)(=O)=O.